The monoisotopic (exact) mass is 441 g/mol. The minimum Gasteiger partial charge on any atom is -0.494 e. The van der Waals surface area contributed by atoms with Crippen LogP contribution in [0.25, 0.3) is 11.0 Å². The maximum absolute atomic E-state index is 12.3. The summed E-state index contributed by atoms with van der Waals surface area (Å²) in [5.74, 6) is 1.87. The number of nitrogens with zero attached hydrogens (tertiary/aromatic N) is 2. The Hall–Kier alpha value is -3.60. The molecule has 0 bridgehead atoms. The molecule has 170 valence electrons. The molecule has 1 aromatic heterocycles. The molecule has 0 atom stereocenters. The zero-order valence-electron chi connectivity index (χ0n) is 19.2. The molecule has 4 aromatic rings. The third kappa shape index (κ3) is 6.01. The number of hydrogen-bond donors (Lipinski definition) is 1. The van der Waals surface area contributed by atoms with Gasteiger partial charge in [-0.15, -0.1) is 0 Å². The fourth-order valence-corrected chi connectivity index (χ4v) is 3.93. The number of ether oxygens (including phenoxy) is 1. The molecule has 0 aliphatic rings. The summed E-state index contributed by atoms with van der Waals surface area (Å²) in [5.41, 5.74) is 4.13. The van der Waals surface area contributed by atoms with Gasteiger partial charge in [0.15, 0.2) is 0 Å². The van der Waals surface area contributed by atoms with E-state index < -0.39 is 0 Å². The fraction of sp³-hybridized carbons (Fsp3) is 0.286. The Morgan fingerprint density at radius 1 is 0.939 bits per heavy atom. The summed E-state index contributed by atoms with van der Waals surface area (Å²) in [6, 6.07) is 25.8. The molecule has 0 radical (unpaired) electrons. The van der Waals surface area contributed by atoms with Crippen LogP contribution in [0.15, 0.2) is 78.9 Å². The van der Waals surface area contributed by atoms with Gasteiger partial charge >= 0.3 is 0 Å². The lowest BCUT2D eigenvalue weighted by Gasteiger charge is -2.11. The minimum absolute atomic E-state index is 0.0534. The summed E-state index contributed by atoms with van der Waals surface area (Å²) in [6.45, 7) is 4.27. The van der Waals surface area contributed by atoms with E-state index in [-0.39, 0.29) is 5.91 Å². The predicted octanol–water partition coefficient (Wildman–Crippen LogP) is 5.43. The van der Waals surface area contributed by atoms with Gasteiger partial charge in [0.2, 0.25) is 0 Å². The van der Waals surface area contributed by atoms with Crippen LogP contribution in [0, 0.1) is 0 Å². The Bertz CT molecular complexity index is 1170. The second-order valence-corrected chi connectivity index (χ2v) is 8.09. The van der Waals surface area contributed by atoms with Crippen molar-refractivity contribution in [3.8, 4) is 5.75 Å². The molecule has 5 heteroatoms. The molecule has 3 aromatic carbocycles. The lowest BCUT2D eigenvalue weighted by atomic mass is 10.2. The van der Waals surface area contributed by atoms with Gasteiger partial charge < -0.3 is 14.6 Å². The first kappa shape index (κ1) is 22.6. The standard InChI is InChI=1S/C28H31N3O2/c1-2-22-14-16-24(17-15-22)33-21-9-8-20-31-26-13-7-6-12-25(26)30-27(31)18-19-29-28(32)23-10-4-3-5-11-23/h3-7,10-17H,2,8-9,18-21H2,1H3,(H,29,32). The summed E-state index contributed by atoms with van der Waals surface area (Å²) in [4.78, 5) is 17.2. The maximum Gasteiger partial charge on any atom is 0.251 e. The van der Waals surface area contributed by atoms with Crippen LogP contribution in [0.1, 0.15) is 41.5 Å². The average molecular weight is 442 g/mol. The smallest absolute Gasteiger partial charge is 0.251 e. The zero-order valence-corrected chi connectivity index (χ0v) is 19.2. The number of amides is 1. The number of hydrogen-bond acceptors (Lipinski definition) is 3. The topological polar surface area (TPSA) is 56.1 Å². The SMILES string of the molecule is CCc1ccc(OCCCCn2c(CCNC(=O)c3ccccc3)nc3ccccc32)cc1. The average Bonchev–Trinajstić information content (AvgIpc) is 3.22. The minimum atomic E-state index is -0.0534. The fourth-order valence-electron chi connectivity index (χ4n) is 3.93. The van der Waals surface area contributed by atoms with Crippen molar-refractivity contribution in [2.75, 3.05) is 13.2 Å². The highest BCUT2D eigenvalue weighted by molar-refractivity contribution is 5.94. The first-order valence-electron chi connectivity index (χ1n) is 11.7. The number of fused-ring (bicyclic) bond motifs is 1. The van der Waals surface area contributed by atoms with Crippen molar-refractivity contribution in [2.24, 2.45) is 0 Å². The van der Waals surface area contributed by atoms with E-state index in [2.05, 4.69) is 35.0 Å². The summed E-state index contributed by atoms with van der Waals surface area (Å²) < 4.78 is 8.18. The van der Waals surface area contributed by atoms with Gasteiger partial charge in [-0.25, -0.2) is 4.98 Å². The molecular weight excluding hydrogens is 410 g/mol. The van der Waals surface area contributed by atoms with Crippen LogP contribution < -0.4 is 10.1 Å². The maximum atomic E-state index is 12.3. The van der Waals surface area contributed by atoms with Crippen molar-refractivity contribution in [3.05, 3.63) is 95.8 Å². The molecule has 0 aliphatic heterocycles. The van der Waals surface area contributed by atoms with Crippen molar-refractivity contribution in [1.29, 1.82) is 0 Å². The number of nitrogens with one attached hydrogen (secondary N) is 1. The summed E-state index contributed by atoms with van der Waals surface area (Å²) in [7, 11) is 0. The predicted molar refractivity (Wildman–Crippen MR) is 133 cm³/mol. The lowest BCUT2D eigenvalue weighted by Crippen LogP contribution is -2.26. The van der Waals surface area contributed by atoms with E-state index in [1.807, 2.05) is 60.7 Å². The van der Waals surface area contributed by atoms with E-state index in [0.717, 1.165) is 48.4 Å². The lowest BCUT2D eigenvalue weighted by molar-refractivity contribution is 0.0954. The molecular formula is C28H31N3O2. The van der Waals surface area contributed by atoms with Crippen LogP contribution in [0.2, 0.25) is 0 Å². The van der Waals surface area contributed by atoms with E-state index in [1.165, 1.54) is 5.56 Å². The number of para-hydroxylation sites is 2. The van der Waals surface area contributed by atoms with Crippen LogP contribution in [0.3, 0.4) is 0 Å². The molecule has 0 fully saturated rings. The summed E-state index contributed by atoms with van der Waals surface area (Å²) in [5, 5.41) is 3.01. The number of carbonyl (C=O) groups is 1. The number of unbranched alkanes of at least 4 members (excludes halogenated alkanes) is 1. The van der Waals surface area contributed by atoms with E-state index >= 15 is 0 Å². The van der Waals surface area contributed by atoms with Crippen molar-refractivity contribution in [1.82, 2.24) is 14.9 Å². The van der Waals surface area contributed by atoms with Crippen molar-refractivity contribution >= 4 is 16.9 Å². The zero-order chi connectivity index (χ0) is 22.9. The van der Waals surface area contributed by atoms with Gasteiger partial charge in [0.1, 0.15) is 11.6 Å². The van der Waals surface area contributed by atoms with Gasteiger partial charge in [0.05, 0.1) is 17.6 Å². The van der Waals surface area contributed by atoms with E-state index in [1.54, 1.807) is 0 Å². The largest absolute Gasteiger partial charge is 0.494 e. The van der Waals surface area contributed by atoms with E-state index in [9.17, 15) is 4.79 Å². The number of imidazole rings is 1. The Morgan fingerprint density at radius 2 is 1.70 bits per heavy atom. The highest BCUT2D eigenvalue weighted by Gasteiger charge is 2.11. The van der Waals surface area contributed by atoms with Crippen LogP contribution in [0.5, 0.6) is 5.75 Å². The molecule has 4 rings (SSSR count). The van der Waals surface area contributed by atoms with E-state index in [4.69, 9.17) is 9.72 Å². The number of benzene rings is 3. The Kier molecular flexibility index (Phi) is 7.75. The van der Waals surface area contributed by atoms with Crippen LogP contribution in [-0.4, -0.2) is 28.6 Å². The molecule has 0 spiro atoms. The summed E-state index contributed by atoms with van der Waals surface area (Å²) >= 11 is 0. The molecule has 0 saturated carbocycles. The number of aryl methyl sites for hydroxylation is 2. The first-order chi connectivity index (χ1) is 16.2. The van der Waals surface area contributed by atoms with Crippen molar-refractivity contribution < 1.29 is 9.53 Å². The van der Waals surface area contributed by atoms with Gasteiger partial charge in [-0.05, 0) is 61.2 Å². The third-order valence-corrected chi connectivity index (χ3v) is 5.78. The molecule has 0 saturated heterocycles. The second kappa shape index (κ2) is 11.3. The number of carbonyl (C=O) groups excluding carboxylic acids is 1. The van der Waals surface area contributed by atoms with Gasteiger partial charge in [-0.3, -0.25) is 4.79 Å². The number of rotatable bonds is 11. The van der Waals surface area contributed by atoms with Crippen LogP contribution >= 0.6 is 0 Å². The molecule has 5 nitrogen and oxygen atoms in total. The Labute approximate surface area is 195 Å². The highest BCUT2D eigenvalue weighted by Crippen LogP contribution is 2.18. The van der Waals surface area contributed by atoms with Gasteiger partial charge in [0.25, 0.3) is 5.91 Å². The second-order valence-electron chi connectivity index (χ2n) is 8.09. The third-order valence-electron chi connectivity index (χ3n) is 5.78. The molecule has 1 amide bonds. The number of aromatic nitrogens is 2. The van der Waals surface area contributed by atoms with E-state index in [0.29, 0.717) is 25.1 Å². The van der Waals surface area contributed by atoms with Crippen LogP contribution in [0.4, 0.5) is 0 Å². The normalized spacial score (nSPS) is 10.9. The Morgan fingerprint density at radius 3 is 2.48 bits per heavy atom. The molecule has 1 heterocycles. The summed E-state index contributed by atoms with van der Waals surface area (Å²) in [6.07, 6.45) is 3.69. The Balaban J connectivity index is 1.31. The molecule has 0 aliphatic carbocycles. The van der Waals surface area contributed by atoms with Crippen molar-refractivity contribution in [2.45, 2.75) is 39.2 Å². The molecule has 33 heavy (non-hydrogen) atoms. The quantitative estimate of drug-likeness (QED) is 0.316. The molecule has 1 N–H and O–H groups in total. The highest BCUT2D eigenvalue weighted by atomic mass is 16.5. The van der Waals surface area contributed by atoms with Gasteiger partial charge in [-0.1, -0.05) is 49.4 Å². The molecule has 0 unspecified atom stereocenters. The van der Waals surface area contributed by atoms with Crippen molar-refractivity contribution in [3.63, 3.8) is 0 Å². The van der Waals surface area contributed by atoms with Gasteiger partial charge in [0, 0.05) is 25.1 Å². The van der Waals surface area contributed by atoms with Gasteiger partial charge in [-0.2, -0.15) is 0 Å². The van der Waals surface area contributed by atoms with Crippen LogP contribution in [-0.2, 0) is 19.4 Å². The first-order valence-corrected chi connectivity index (χ1v) is 11.7.